The third kappa shape index (κ3) is 4.91. The minimum absolute atomic E-state index is 0.0169. The van der Waals surface area contributed by atoms with Crippen LogP contribution in [-0.4, -0.2) is 30.6 Å². The van der Waals surface area contributed by atoms with Crippen molar-refractivity contribution in [3.05, 3.63) is 41.8 Å². The van der Waals surface area contributed by atoms with Crippen molar-refractivity contribution in [2.45, 2.75) is 19.3 Å². The molecule has 0 aliphatic heterocycles. The number of rotatable bonds is 7. The van der Waals surface area contributed by atoms with E-state index in [9.17, 15) is 14.0 Å². The van der Waals surface area contributed by atoms with Crippen molar-refractivity contribution in [3.63, 3.8) is 0 Å². The van der Waals surface area contributed by atoms with E-state index in [0.29, 0.717) is 37.1 Å². The lowest BCUT2D eigenvalue weighted by molar-refractivity contribution is -0.120. The molecular weight excluding hydrogens is 301 g/mol. The lowest BCUT2D eigenvalue weighted by Crippen LogP contribution is -2.25. The normalized spacial score (nSPS) is 10.3. The molecule has 1 aromatic carbocycles. The number of benzene rings is 1. The zero-order valence-electron chi connectivity index (χ0n) is 12.8. The van der Waals surface area contributed by atoms with Crippen LogP contribution < -0.4 is 10.6 Å². The van der Waals surface area contributed by atoms with Gasteiger partial charge in [0.05, 0.1) is 0 Å². The molecule has 122 valence electrons. The zero-order chi connectivity index (χ0) is 16.7. The number of aromatic nitrogens is 1. The fourth-order valence-corrected chi connectivity index (χ4v) is 1.96. The number of hydrogen-bond donors (Lipinski definition) is 2. The van der Waals surface area contributed by atoms with Crippen molar-refractivity contribution < 1.29 is 18.5 Å². The Labute approximate surface area is 133 Å². The number of hydrogen-bond acceptors (Lipinski definition) is 4. The summed E-state index contributed by atoms with van der Waals surface area (Å²) in [5.41, 5.74) is 0.805. The van der Waals surface area contributed by atoms with E-state index in [1.54, 1.807) is 19.2 Å². The minimum Gasteiger partial charge on any atom is -0.359 e. The summed E-state index contributed by atoms with van der Waals surface area (Å²) in [6.45, 7) is 0.453. The van der Waals surface area contributed by atoms with Gasteiger partial charge >= 0.3 is 0 Å². The molecular formula is C16H18FN3O3. The number of nitrogens with one attached hydrogen (secondary N) is 2. The van der Waals surface area contributed by atoms with Gasteiger partial charge in [0, 0.05) is 31.6 Å². The Hall–Kier alpha value is -2.70. The van der Waals surface area contributed by atoms with Crippen LogP contribution in [0.5, 0.6) is 0 Å². The first-order chi connectivity index (χ1) is 11.1. The first kappa shape index (κ1) is 16.7. The first-order valence-electron chi connectivity index (χ1n) is 7.31. The Bertz CT molecular complexity index is 667. The van der Waals surface area contributed by atoms with Crippen molar-refractivity contribution in [1.82, 2.24) is 15.8 Å². The van der Waals surface area contributed by atoms with Gasteiger partial charge in [-0.15, -0.1) is 0 Å². The Morgan fingerprint density at radius 2 is 1.96 bits per heavy atom. The van der Waals surface area contributed by atoms with Gasteiger partial charge < -0.3 is 15.2 Å². The second-order valence-corrected chi connectivity index (χ2v) is 4.97. The highest BCUT2D eigenvalue weighted by Crippen LogP contribution is 2.20. The summed E-state index contributed by atoms with van der Waals surface area (Å²) in [5.74, 6) is -0.309. The minimum atomic E-state index is -0.345. The Morgan fingerprint density at radius 1 is 1.22 bits per heavy atom. The Morgan fingerprint density at radius 3 is 2.65 bits per heavy atom. The molecule has 0 fully saturated rings. The van der Waals surface area contributed by atoms with Crippen LogP contribution in [0.4, 0.5) is 4.39 Å². The zero-order valence-corrected chi connectivity index (χ0v) is 12.8. The molecule has 1 heterocycles. The van der Waals surface area contributed by atoms with Gasteiger partial charge in [0.15, 0.2) is 11.5 Å². The molecule has 0 radical (unpaired) electrons. The second-order valence-electron chi connectivity index (χ2n) is 4.97. The van der Waals surface area contributed by atoms with Crippen LogP contribution in [0.1, 0.15) is 29.8 Å². The van der Waals surface area contributed by atoms with E-state index < -0.39 is 0 Å². The monoisotopic (exact) mass is 319 g/mol. The predicted octanol–water partition coefficient (Wildman–Crippen LogP) is 2.13. The Balaban J connectivity index is 1.82. The van der Waals surface area contributed by atoms with Gasteiger partial charge in [0.25, 0.3) is 5.91 Å². The van der Waals surface area contributed by atoms with Crippen LogP contribution in [0.3, 0.4) is 0 Å². The third-order valence-corrected chi connectivity index (χ3v) is 3.27. The summed E-state index contributed by atoms with van der Waals surface area (Å²) in [4.78, 5) is 23.0. The lowest BCUT2D eigenvalue weighted by atomic mass is 10.1. The standard InChI is InChI=1S/C16H18FN3O3/c1-18-15(21)4-2-3-9-19-16(22)13-10-14(23-20-13)11-5-7-12(17)8-6-11/h5-8,10H,2-4,9H2,1H3,(H,18,21)(H,19,22). The van der Waals surface area contributed by atoms with Crippen molar-refractivity contribution in [2.75, 3.05) is 13.6 Å². The highest BCUT2D eigenvalue weighted by atomic mass is 19.1. The molecule has 0 atom stereocenters. The summed E-state index contributed by atoms with van der Waals surface area (Å²) in [6.07, 6.45) is 1.83. The number of carbonyl (C=O) groups excluding carboxylic acids is 2. The highest BCUT2D eigenvalue weighted by molar-refractivity contribution is 5.93. The van der Waals surface area contributed by atoms with E-state index in [1.807, 2.05) is 0 Å². The fourth-order valence-electron chi connectivity index (χ4n) is 1.96. The molecule has 2 amide bonds. The van der Waals surface area contributed by atoms with Gasteiger partial charge in [-0.05, 0) is 37.1 Å². The molecule has 0 spiro atoms. The van der Waals surface area contributed by atoms with Crippen LogP contribution in [-0.2, 0) is 4.79 Å². The van der Waals surface area contributed by atoms with E-state index in [0.717, 1.165) is 0 Å². The number of unbranched alkanes of at least 4 members (excludes halogenated alkanes) is 1. The molecule has 0 saturated carbocycles. The van der Waals surface area contributed by atoms with E-state index in [4.69, 9.17) is 4.52 Å². The van der Waals surface area contributed by atoms with Gasteiger partial charge in [0.1, 0.15) is 5.82 Å². The molecule has 2 aromatic rings. The molecule has 0 saturated heterocycles. The summed E-state index contributed by atoms with van der Waals surface area (Å²) < 4.78 is 18.0. The molecule has 0 aliphatic rings. The van der Waals surface area contributed by atoms with Crippen molar-refractivity contribution in [2.24, 2.45) is 0 Å². The molecule has 1 aromatic heterocycles. The molecule has 2 rings (SSSR count). The molecule has 0 bridgehead atoms. The summed E-state index contributed by atoms with van der Waals surface area (Å²) >= 11 is 0. The van der Waals surface area contributed by atoms with Crippen molar-refractivity contribution in [1.29, 1.82) is 0 Å². The van der Waals surface area contributed by atoms with E-state index in [-0.39, 0.29) is 23.3 Å². The summed E-state index contributed by atoms with van der Waals surface area (Å²) in [5, 5.41) is 8.96. The van der Waals surface area contributed by atoms with Crippen LogP contribution in [0.2, 0.25) is 0 Å². The van der Waals surface area contributed by atoms with E-state index in [1.165, 1.54) is 18.2 Å². The third-order valence-electron chi connectivity index (χ3n) is 3.27. The first-order valence-corrected chi connectivity index (χ1v) is 7.31. The quantitative estimate of drug-likeness (QED) is 0.766. The fraction of sp³-hybridized carbons (Fsp3) is 0.312. The molecule has 23 heavy (non-hydrogen) atoms. The van der Waals surface area contributed by atoms with Gasteiger partial charge in [-0.25, -0.2) is 4.39 Å². The highest BCUT2D eigenvalue weighted by Gasteiger charge is 2.13. The van der Waals surface area contributed by atoms with Gasteiger partial charge in [-0.2, -0.15) is 0 Å². The van der Waals surface area contributed by atoms with Gasteiger partial charge in [-0.3, -0.25) is 9.59 Å². The van der Waals surface area contributed by atoms with Gasteiger partial charge in [-0.1, -0.05) is 5.16 Å². The number of halogens is 1. The largest absolute Gasteiger partial charge is 0.359 e. The molecule has 0 aliphatic carbocycles. The van der Waals surface area contributed by atoms with Gasteiger partial charge in [0.2, 0.25) is 5.91 Å². The number of nitrogens with zero attached hydrogens (tertiary/aromatic N) is 1. The maximum absolute atomic E-state index is 12.9. The van der Waals surface area contributed by atoms with Crippen molar-refractivity contribution >= 4 is 11.8 Å². The van der Waals surface area contributed by atoms with Crippen LogP contribution in [0.25, 0.3) is 11.3 Å². The Kier molecular flexibility index (Phi) is 5.85. The molecule has 7 heteroatoms. The van der Waals surface area contributed by atoms with E-state index >= 15 is 0 Å². The van der Waals surface area contributed by atoms with Crippen LogP contribution in [0, 0.1) is 5.82 Å². The molecule has 0 unspecified atom stereocenters. The molecule has 6 nitrogen and oxygen atoms in total. The topological polar surface area (TPSA) is 84.2 Å². The maximum atomic E-state index is 12.9. The van der Waals surface area contributed by atoms with E-state index in [2.05, 4.69) is 15.8 Å². The van der Waals surface area contributed by atoms with Crippen LogP contribution in [0.15, 0.2) is 34.9 Å². The average Bonchev–Trinajstić information content (AvgIpc) is 3.04. The SMILES string of the molecule is CNC(=O)CCCCNC(=O)c1cc(-c2ccc(F)cc2)on1. The average molecular weight is 319 g/mol. The lowest BCUT2D eigenvalue weighted by Gasteiger charge is -2.02. The molecule has 2 N–H and O–H groups in total. The summed E-state index contributed by atoms with van der Waals surface area (Å²) in [6, 6.07) is 7.23. The number of amides is 2. The predicted molar refractivity (Wildman–Crippen MR) is 82.1 cm³/mol. The summed E-state index contributed by atoms with van der Waals surface area (Å²) in [7, 11) is 1.59. The van der Waals surface area contributed by atoms with Crippen LogP contribution >= 0.6 is 0 Å². The maximum Gasteiger partial charge on any atom is 0.273 e. The second kappa shape index (κ2) is 8.07. The smallest absolute Gasteiger partial charge is 0.273 e. The number of carbonyl (C=O) groups is 2. The van der Waals surface area contributed by atoms with Crippen molar-refractivity contribution in [3.8, 4) is 11.3 Å².